The summed E-state index contributed by atoms with van der Waals surface area (Å²) in [5, 5.41) is 10.3. The molecule has 1 nitrogen and oxygen atoms in total. The second-order valence-electron chi connectivity index (χ2n) is 10.0. The number of allylic oxidation sites excluding steroid dienone is 4. The van der Waals surface area contributed by atoms with Crippen LogP contribution >= 0.6 is 0 Å². The molecule has 0 aromatic heterocycles. The minimum atomic E-state index is 0.966. The van der Waals surface area contributed by atoms with Crippen molar-refractivity contribution in [2.45, 2.75) is 6.92 Å². The molecule has 0 saturated heterocycles. The molecule has 1 aliphatic heterocycles. The van der Waals surface area contributed by atoms with Gasteiger partial charge in [-0.05, 0) is 103 Å². The molecular weight excluding hydrogens is 458 g/mol. The first-order valence-electron chi connectivity index (χ1n) is 13.0. The fraction of sp³-hybridized carbons (Fsp3) is 0.0270. The topological polar surface area (TPSA) is 3.24 Å². The van der Waals surface area contributed by atoms with E-state index in [1.54, 1.807) is 0 Å². The van der Waals surface area contributed by atoms with Gasteiger partial charge >= 0.3 is 0 Å². The molecule has 180 valence electrons. The molecule has 0 radical (unpaired) electrons. The van der Waals surface area contributed by atoms with Gasteiger partial charge in [-0.3, -0.25) is 0 Å². The molecule has 1 heterocycles. The third-order valence-electron chi connectivity index (χ3n) is 7.67. The summed E-state index contributed by atoms with van der Waals surface area (Å²) in [6.45, 7) is 6.28. The van der Waals surface area contributed by atoms with E-state index in [2.05, 4.69) is 128 Å². The van der Waals surface area contributed by atoms with Crippen molar-refractivity contribution in [3.63, 3.8) is 0 Å². The summed E-state index contributed by atoms with van der Waals surface area (Å²) in [4.78, 5) is 2.07. The highest BCUT2D eigenvalue weighted by Crippen LogP contribution is 2.39. The number of benzene rings is 6. The van der Waals surface area contributed by atoms with Crippen LogP contribution in [-0.2, 0) is 0 Å². The zero-order chi connectivity index (χ0) is 25.6. The molecule has 1 aliphatic rings. The van der Waals surface area contributed by atoms with Crippen LogP contribution in [0.5, 0.6) is 0 Å². The van der Waals surface area contributed by atoms with Crippen molar-refractivity contribution in [3.05, 3.63) is 152 Å². The average Bonchev–Trinajstić information content (AvgIpc) is 2.97. The van der Waals surface area contributed by atoms with Gasteiger partial charge in [0.15, 0.2) is 0 Å². The average molecular weight is 486 g/mol. The number of hydrogen-bond acceptors (Lipinski definition) is 1. The monoisotopic (exact) mass is 485 g/mol. The van der Waals surface area contributed by atoms with Crippen molar-refractivity contribution < 1.29 is 0 Å². The summed E-state index contributed by atoms with van der Waals surface area (Å²) >= 11 is 0. The zero-order valence-corrected chi connectivity index (χ0v) is 21.4. The van der Waals surface area contributed by atoms with Crippen LogP contribution in [0.3, 0.4) is 0 Å². The highest BCUT2D eigenvalue weighted by Gasteiger charge is 2.12. The Kier molecular flexibility index (Phi) is 5.23. The van der Waals surface area contributed by atoms with E-state index in [1.165, 1.54) is 65.4 Å². The lowest BCUT2D eigenvalue weighted by atomic mass is 9.90. The van der Waals surface area contributed by atoms with E-state index in [0.29, 0.717) is 0 Å². The Bertz CT molecular complexity index is 2000. The number of rotatable bonds is 3. The van der Waals surface area contributed by atoms with Crippen molar-refractivity contribution in [1.82, 2.24) is 4.90 Å². The standard InChI is InChI=1S/C37H27N/c1-25(24-38-20-8-7-9-26(38)2)28-15-16-30-22-31(18-17-29(30)21-28)36-23-32-19-14-27-10-3-4-11-33(27)37(32)35-13-6-5-12-34(35)36/h3-24H,2H2,1H3/b25-24+. The van der Waals surface area contributed by atoms with Crippen molar-refractivity contribution in [2.24, 2.45) is 0 Å². The number of nitrogens with zero attached hydrogens (tertiary/aromatic N) is 1. The van der Waals surface area contributed by atoms with E-state index in [-0.39, 0.29) is 0 Å². The van der Waals surface area contributed by atoms with Gasteiger partial charge in [0.05, 0.1) is 0 Å². The molecule has 0 bridgehead atoms. The van der Waals surface area contributed by atoms with E-state index in [1.807, 2.05) is 24.4 Å². The van der Waals surface area contributed by atoms with Crippen LogP contribution in [0.25, 0.3) is 59.8 Å². The minimum Gasteiger partial charge on any atom is -0.324 e. The Morgan fingerprint density at radius 1 is 0.658 bits per heavy atom. The fourth-order valence-corrected chi connectivity index (χ4v) is 5.68. The normalized spacial score (nSPS) is 13.9. The highest BCUT2D eigenvalue weighted by atomic mass is 15.1. The van der Waals surface area contributed by atoms with E-state index in [4.69, 9.17) is 0 Å². The van der Waals surface area contributed by atoms with Crippen molar-refractivity contribution >= 4 is 48.7 Å². The molecule has 0 amide bonds. The van der Waals surface area contributed by atoms with E-state index in [0.717, 1.165) is 5.70 Å². The molecule has 1 heteroatoms. The van der Waals surface area contributed by atoms with Crippen LogP contribution in [0.1, 0.15) is 12.5 Å². The first-order chi connectivity index (χ1) is 18.7. The molecule has 6 aromatic carbocycles. The maximum absolute atomic E-state index is 4.13. The molecule has 0 aliphatic carbocycles. The molecule has 0 spiro atoms. The smallest absolute Gasteiger partial charge is 0.0377 e. The summed E-state index contributed by atoms with van der Waals surface area (Å²) in [6, 6.07) is 37.9. The maximum atomic E-state index is 4.13. The molecule has 0 atom stereocenters. The largest absolute Gasteiger partial charge is 0.324 e. The highest BCUT2D eigenvalue weighted by molar-refractivity contribution is 6.23. The molecule has 38 heavy (non-hydrogen) atoms. The minimum absolute atomic E-state index is 0.966. The summed E-state index contributed by atoms with van der Waals surface area (Å²) < 4.78 is 0. The van der Waals surface area contributed by atoms with Gasteiger partial charge in [-0.15, -0.1) is 0 Å². The Morgan fingerprint density at radius 2 is 1.37 bits per heavy atom. The lowest BCUT2D eigenvalue weighted by molar-refractivity contribution is 0.650. The Labute approximate surface area is 222 Å². The van der Waals surface area contributed by atoms with Gasteiger partial charge in [0.25, 0.3) is 0 Å². The Hall–Kier alpha value is -4.88. The molecule has 0 unspecified atom stereocenters. The van der Waals surface area contributed by atoms with E-state index >= 15 is 0 Å². The number of fused-ring (bicyclic) bond motifs is 6. The van der Waals surface area contributed by atoms with Crippen molar-refractivity contribution in [2.75, 3.05) is 0 Å². The van der Waals surface area contributed by atoms with Crippen LogP contribution in [0.4, 0.5) is 0 Å². The Morgan fingerprint density at radius 3 is 2.24 bits per heavy atom. The predicted octanol–water partition coefficient (Wildman–Crippen LogP) is 10.2. The Balaban J connectivity index is 1.34. The van der Waals surface area contributed by atoms with Gasteiger partial charge in [-0.2, -0.15) is 0 Å². The molecule has 6 aromatic rings. The lowest BCUT2D eigenvalue weighted by Gasteiger charge is -2.19. The maximum Gasteiger partial charge on any atom is 0.0377 e. The van der Waals surface area contributed by atoms with Gasteiger partial charge in [0, 0.05) is 18.1 Å². The molecule has 0 saturated carbocycles. The van der Waals surface area contributed by atoms with Crippen LogP contribution in [0.2, 0.25) is 0 Å². The first-order valence-corrected chi connectivity index (χ1v) is 13.0. The predicted molar refractivity (Wildman–Crippen MR) is 165 cm³/mol. The van der Waals surface area contributed by atoms with Gasteiger partial charge in [-0.1, -0.05) is 97.6 Å². The van der Waals surface area contributed by atoms with Crippen molar-refractivity contribution in [1.29, 1.82) is 0 Å². The lowest BCUT2D eigenvalue weighted by Crippen LogP contribution is -2.08. The second-order valence-corrected chi connectivity index (χ2v) is 10.0. The molecular formula is C37H27N. The summed E-state index contributed by atoms with van der Waals surface area (Å²) in [7, 11) is 0. The van der Waals surface area contributed by atoms with Crippen LogP contribution in [-0.4, -0.2) is 4.90 Å². The first kappa shape index (κ1) is 22.3. The third kappa shape index (κ3) is 3.72. The van der Waals surface area contributed by atoms with Crippen LogP contribution in [0, 0.1) is 0 Å². The summed E-state index contributed by atoms with van der Waals surface area (Å²) in [5.41, 5.74) is 5.89. The van der Waals surface area contributed by atoms with Gasteiger partial charge in [-0.25, -0.2) is 0 Å². The van der Waals surface area contributed by atoms with Crippen molar-refractivity contribution in [3.8, 4) is 11.1 Å². The quantitative estimate of drug-likeness (QED) is 0.225. The fourth-order valence-electron chi connectivity index (χ4n) is 5.68. The van der Waals surface area contributed by atoms with Gasteiger partial charge < -0.3 is 4.90 Å². The van der Waals surface area contributed by atoms with E-state index < -0.39 is 0 Å². The molecule has 0 N–H and O–H groups in total. The molecule has 7 rings (SSSR count). The van der Waals surface area contributed by atoms with E-state index in [9.17, 15) is 0 Å². The van der Waals surface area contributed by atoms with Gasteiger partial charge in [0.2, 0.25) is 0 Å². The third-order valence-corrected chi connectivity index (χ3v) is 7.67. The summed E-state index contributed by atoms with van der Waals surface area (Å²) in [5.74, 6) is 0. The molecule has 0 fully saturated rings. The van der Waals surface area contributed by atoms with Gasteiger partial charge in [0.1, 0.15) is 0 Å². The van der Waals surface area contributed by atoms with Crippen LogP contribution < -0.4 is 0 Å². The second kappa shape index (κ2) is 8.90. The zero-order valence-electron chi connectivity index (χ0n) is 21.4. The summed E-state index contributed by atoms with van der Waals surface area (Å²) in [6.07, 6.45) is 10.2. The van der Waals surface area contributed by atoms with Crippen LogP contribution in [0.15, 0.2) is 146 Å². The SMILES string of the molecule is C=C1C=CC=CN1/C=C(\C)c1ccc2cc(-c3cc4ccc5ccccc5c4c4ccccc34)ccc2c1. The number of hydrogen-bond donors (Lipinski definition) is 0.